The van der Waals surface area contributed by atoms with Crippen molar-refractivity contribution in [2.24, 2.45) is 0 Å². The summed E-state index contributed by atoms with van der Waals surface area (Å²) >= 11 is 0. The zero-order valence-corrected chi connectivity index (χ0v) is 9.66. The van der Waals surface area contributed by atoms with Crippen molar-refractivity contribution in [1.29, 1.82) is 0 Å². The summed E-state index contributed by atoms with van der Waals surface area (Å²) in [5, 5.41) is 0.987. The summed E-state index contributed by atoms with van der Waals surface area (Å²) in [6.45, 7) is 2.13. The number of aromatic nitrogens is 1. The van der Waals surface area contributed by atoms with Crippen LogP contribution in [0, 0.1) is 0 Å². The van der Waals surface area contributed by atoms with Crippen molar-refractivity contribution in [3.05, 3.63) is 30.0 Å². The van der Waals surface area contributed by atoms with Crippen LogP contribution in [0.25, 0.3) is 10.9 Å². The molecule has 2 rings (SSSR count). The minimum Gasteiger partial charge on any atom is -0.497 e. The molecule has 3 nitrogen and oxygen atoms in total. The van der Waals surface area contributed by atoms with Gasteiger partial charge in [0.25, 0.3) is 0 Å². The monoisotopic (exact) mass is 216 g/mol. The summed E-state index contributed by atoms with van der Waals surface area (Å²) in [5.41, 5.74) is 8.73. The minimum atomic E-state index is 0.788. The van der Waals surface area contributed by atoms with E-state index in [1.807, 2.05) is 24.3 Å². The van der Waals surface area contributed by atoms with E-state index in [9.17, 15) is 0 Å². The third-order valence-electron chi connectivity index (χ3n) is 2.61. The average molecular weight is 216 g/mol. The molecular formula is C13H16N2O. The van der Waals surface area contributed by atoms with E-state index in [1.54, 1.807) is 7.11 Å². The van der Waals surface area contributed by atoms with Gasteiger partial charge in [-0.25, -0.2) is 0 Å². The molecule has 3 heteroatoms. The molecule has 84 valence electrons. The maximum Gasteiger partial charge on any atom is 0.121 e. The number of nitrogens with zero attached hydrogens (tertiary/aromatic N) is 1. The van der Waals surface area contributed by atoms with E-state index in [2.05, 4.69) is 11.9 Å². The van der Waals surface area contributed by atoms with Crippen LogP contribution in [0.15, 0.2) is 24.3 Å². The molecule has 0 aliphatic rings. The van der Waals surface area contributed by atoms with Gasteiger partial charge in [0.2, 0.25) is 0 Å². The maximum absolute atomic E-state index is 6.00. The number of nitrogen functional groups attached to an aromatic ring is 1. The van der Waals surface area contributed by atoms with Crippen molar-refractivity contribution in [2.75, 3.05) is 12.8 Å². The molecule has 1 heterocycles. The number of rotatable bonds is 3. The highest BCUT2D eigenvalue weighted by Crippen LogP contribution is 2.24. The fourth-order valence-corrected chi connectivity index (χ4v) is 1.80. The smallest absolute Gasteiger partial charge is 0.121 e. The molecule has 2 aromatic rings. The molecule has 0 unspecified atom stereocenters. The lowest BCUT2D eigenvalue weighted by molar-refractivity contribution is 0.415. The van der Waals surface area contributed by atoms with Crippen molar-refractivity contribution in [2.45, 2.75) is 19.8 Å². The number of nitrogens with two attached hydrogens (primary N) is 1. The molecule has 0 atom stereocenters. The lowest BCUT2D eigenvalue weighted by atomic mass is 10.1. The van der Waals surface area contributed by atoms with Crippen LogP contribution in [-0.2, 0) is 6.42 Å². The Morgan fingerprint density at radius 2 is 2.12 bits per heavy atom. The number of hydrogen-bond acceptors (Lipinski definition) is 3. The van der Waals surface area contributed by atoms with Crippen molar-refractivity contribution in [3.63, 3.8) is 0 Å². The van der Waals surface area contributed by atoms with Gasteiger partial charge in [0, 0.05) is 22.8 Å². The van der Waals surface area contributed by atoms with E-state index in [0.29, 0.717) is 0 Å². The van der Waals surface area contributed by atoms with Gasteiger partial charge in [0.1, 0.15) is 5.75 Å². The Labute approximate surface area is 95.2 Å². The number of fused-ring (bicyclic) bond motifs is 1. The lowest BCUT2D eigenvalue weighted by Crippen LogP contribution is -1.96. The van der Waals surface area contributed by atoms with Crippen LogP contribution >= 0.6 is 0 Å². The fraction of sp³-hybridized carbons (Fsp3) is 0.308. The first kappa shape index (κ1) is 10.7. The molecule has 0 spiro atoms. The van der Waals surface area contributed by atoms with E-state index in [1.165, 1.54) is 0 Å². The van der Waals surface area contributed by atoms with E-state index < -0.39 is 0 Å². The number of ether oxygens (including phenoxy) is 1. The SMILES string of the molecule is CCCc1cc(N)c2ccc(OC)cc2n1. The van der Waals surface area contributed by atoms with Gasteiger partial charge >= 0.3 is 0 Å². The highest BCUT2D eigenvalue weighted by molar-refractivity contribution is 5.91. The number of hydrogen-bond donors (Lipinski definition) is 1. The number of benzene rings is 1. The van der Waals surface area contributed by atoms with Crippen LogP contribution in [0.4, 0.5) is 5.69 Å². The van der Waals surface area contributed by atoms with Gasteiger partial charge < -0.3 is 10.5 Å². The first-order valence-electron chi connectivity index (χ1n) is 5.47. The van der Waals surface area contributed by atoms with Gasteiger partial charge in [0.15, 0.2) is 0 Å². The van der Waals surface area contributed by atoms with E-state index in [4.69, 9.17) is 10.5 Å². The second kappa shape index (κ2) is 4.39. The molecule has 0 saturated carbocycles. The first-order chi connectivity index (χ1) is 7.74. The molecule has 1 aromatic heterocycles. The summed E-state index contributed by atoms with van der Waals surface area (Å²) in [4.78, 5) is 4.57. The second-order valence-electron chi connectivity index (χ2n) is 3.84. The summed E-state index contributed by atoms with van der Waals surface area (Å²) in [6.07, 6.45) is 2.03. The summed E-state index contributed by atoms with van der Waals surface area (Å²) < 4.78 is 5.18. The van der Waals surface area contributed by atoms with Crippen LogP contribution in [0.3, 0.4) is 0 Å². The van der Waals surface area contributed by atoms with Gasteiger partial charge in [-0.05, 0) is 24.6 Å². The van der Waals surface area contributed by atoms with Crippen molar-refractivity contribution >= 4 is 16.6 Å². The molecule has 1 aromatic carbocycles. The van der Waals surface area contributed by atoms with E-state index in [0.717, 1.165) is 40.9 Å². The lowest BCUT2D eigenvalue weighted by Gasteiger charge is -2.07. The van der Waals surface area contributed by atoms with Crippen LogP contribution in [0.2, 0.25) is 0 Å². The Morgan fingerprint density at radius 1 is 1.31 bits per heavy atom. The highest BCUT2D eigenvalue weighted by Gasteiger charge is 2.04. The van der Waals surface area contributed by atoms with Gasteiger partial charge in [0.05, 0.1) is 12.6 Å². The number of anilines is 1. The molecule has 0 amide bonds. The standard InChI is InChI=1S/C13H16N2O/c1-3-4-9-7-12(14)11-6-5-10(16-2)8-13(11)15-9/h5-8H,3-4H2,1-2H3,(H2,14,15). The van der Waals surface area contributed by atoms with Crippen molar-refractivity contribution < 1.29 is 4.74 Å². The summed E-state index contributed by atoms with van der Waals surface area (Å²) in [6, 6.07) is 7.73. The number of aryl methyl sites for hydroxylation is 1. The molecule has 0 radical (unpaired) electrons. The molecule has 16 heavy (non-hydrogen) atoms. The topological polar surface area (TPSA) is 48.1 Å². The average Bonchev–Trinajstić information content (AvgIpc) is 2.28. The predicted octanol–water partition coefficient (Wildman–Crippen LogP) is 2.78. The molecule has 0 saturated heterocycles. The van der Waals surface area contributed by atoms with Gasteiger partial charge in [-0.3, -0.25) is 4.98 Å². The Kier molecular flexibility index (Phi) is 2.95. The zero-order valence-electron chi connectivity index (χ0n) is 9.66. The Morgan fingerprint density at radius 3 is 2.81 bits per heavy atom. The largest absolute Gasteiger partial charge is 0.497 e. The molecule has 0 fully saturated rings. The van der Waals surface area contributed by atoms with Gasteiger partial charge in [-0.2, -0.15) is 0 Å². The first-order valence-corrected chi connectivity index (χ1v) is 5.47. The molecular weight excluding hydrogens is 200 g/mol. The Hall–Kier alpha value is -1.77. The Balaban J connectivity index is 2.58. The van der Waals surface area contributed by atoms with Gasteiger partial charge in [-0.1, -0.05) is 13.3 Å². The molecule has 0 bridgehead atoms. The molecule has 2 N–H and O–H groups in total. The molecule has 0 aliphatic carbocycles. The van der Waals surface area contributed by atoms with Crippen LogP contribution in [0.1, 0.15) is 19.0 Å². The second-order valence-corrected chi connectivity index (χ2v) is 3.84. The van der Waals surface area contributed by atoms with Crippen molar-refractivity contribution in [1.82, 2.24) is 4.98 Å². The van der Waals surface area contributed by atoms with Crippen LogP contribution in [-0.4, -0.2) is 12.1 Å². The van der Waals surface area contributed by atoms with Crippen molar-refractivity contribution in [3.8, 4) is 5.75 Å². The molecule has 0 aliphatic heterocycles. The number of pyridine rings is 1. The Bertz CT molecular complexity index is 509. The zero-order chi connectivity index (χ0) is 11.5. The number of methoxy groups -OCH3 is 1. The summed E-state index contributed by atoms with van der Waals surface area (Å²) in [5.74, 6) is 0.813. The fourth-order valence-electron chi connectivity index (χ4n) is 1.80. The maximum atomic E-state index is 6.00. The van der Waals surface area contributed by atoms with Crippen LogP contribution in [0.5, 0.6) is 5.75 Å². The minimum absolute atomic E-state index is 0.788. The third-order valence-corrected chi connectivity index (χ3v) is 2.61. The summed E-state index contributed by atoms with van der Waals surface area (Å²) in [7, 11) is 1.65. The third kappa shape index (κ3) is 1.94. The van der Waals surface area contributed by atoms with E-state index >= 15 is 0 Å². The van der Waals surface area contributed by atoms with E-state index in [-0.39, 0.29) is 0 Å². The van der Waals surface area contributed by atoms with Crippen LogP contribution < -0.4 is 10.5 Å². The normalized spacial score (nSPS) is 10.6. The predicted molar refractivity (Wildman–Crippen MR) is 66.7 cm³/mol. The van der Waals surface area contributed by atoms with Gasteiger partial charge in [-0.15, -0.1) is 0 Å². The quantitative estimate of drug-likeness (QED) is 0.858. The highest BCUT2D eigenvalue weighted by atomic mass is 16.5.